The van der Waals surface area contributed by atoms with Crippen molar-refractivity contribution in [1.29, 1.82) is 0 Å². The minimum atomic E-state index is -0.671. The van der Waals surface area contributed by atoms with E-state index >= 15 is 0 Å². The van der Waals surface area contributed by atoms with Crippen molar-refractivity contribution < 1.29 is 9.90 Å². The van der Waals surface area contributed by atoms with Crippen molar-refractivity contribution in [3.8, 4) is 0 Å². The Hall–Kier alpha value is -0.570. The molecule has 3 nitrogen and oxygen atoms in total. The zero-order chi connectivity index (χ0) is 15.3. The highest BCUT2D eigenvalue weighted by Gasteiger charge is 2.36. The largest absolute Gasteiger partial charge is 0.388 e. The summed E-state index contributed by atoms with van der Waals surface area (Å²) in [4.78, 5) is 12.0. The summed E-state index contributed by atoms with van der Waals surface area (Å²) in [6.07, 6.45) is 12.0. The van der Waals surface area contributed by atoms with E-state index in [4.69, 9.17) is 0 Å². The van der Waals surface area contributed by atoms with Gasteiger partial charge in [0.1, 0.15) is 0 Å². The molecule has 0 aliphatic heterocycles. The quantitative estimate of drug-likeness (QED) is 0.810. The Morgan fingerprint density at radius 1 is 1.10 bits per heavy atom. The van der Waals surface area contributed by atoms with Crippen LogP contribution in [0.2, 0.25) is 0 Å². The van der Waals surface area contributed by atoms with E-state index in [1.54, 1.807) is 0 Å². The molecule has 0 aromatic carbocycles. The van der Waals surface area contributed by atoms with Crippen molar-refractivity contribution in [2.45, 2.75) is 90.1 Å². The number of rotatable bonds is 5. The van der Waals surface area contributed by atoms with Crippen LogP contribution in [0.3, 0.4) is 0 Å². The van der Waals surface area contributed by atoms with Gasteiger partial charge in [-0.3, -0.25) is 4.79 Å². The molecule has 0 unspecified atom stereocenters. The van der Waals surface area contributed by atoms with Crippen molar-refractivity contribution in [2.75, 3.05) is 6.54 Å². The standard InChI is InChI=1S/C18H33NO2/c1-17(2)10-12-18(21,13-11-17)14-19-16(20)9-8-15-6-4-3-5-7-15/h15,21H,3-14H2,1-2H3,(H,19,20). The lowest BCUT2D eigenvalue weighted by Crippen LogP contribution is -2.46. The predicted octanol–water partition coefficient (Wildman–Crippen LogP) is 3.79. The molecule has 0 heterocycles. The van der Waals surface area contributed by atoms with Crippen molar-refractivity contribution in [1.82, 2.24) is 5.32 Å². The number of carbonyl (C=O) groups excluding carboxylic acids is 1. The monoisotopic (exact) mass is 295 g/mol. The Labute approximate surface area is 129 Å². The SMILES string of the molecule is CC1(C)CCC(O)(CNC(=O)CCC2CCCCC2)CC1. The van der Waals surface area contributed by atoms with Crippen LogP contribution in [0.1, 0.15) is 84.5 Å². The van der Waals surface area contributed by atoms with Crippen molar-refractivity contribution in [3.05, 3.63) is 0 Å². The van der Waals surface area contributed by atoms with Gasteiger partial charge < -0.3 is 10.4 Å². The molecule has 2 fully saturated rings. The summed E-state index contributed by atoms with van der Waals surface area (Å²) in [5.41, 5.74) is -0.326. The fourth-order valence-electron chi connectivity index (χ4n) is 3.73. The lowest BCUT2D eigenvalue weighted by molar-refractivity contribution is -0.123. The third-order valence-electron chi connectivity index (χ3n) is 5.65. The maximum atomic E-state index is 12.0. The molecular weight excluding hydrogens is 262 g/mol. The fraction of sp³-hybridized carbons (Fsp3) is 0.944. The molecular formula is C18H33NO2. The van der Waals surface area contributed by atoms with E-state index in [1.807, 2.05) is 0 Å². The third kappa shape index (κ3) is 5.61. The lowest BCUT2D eigenvalue weighted by Gasteiger charge is -2.40. The summed E-state index contributed by atoms with van der Waals surface area (Å²) in [5, 5.41) is 13.5. The van der Waals surface area contributed by atoms with Crippen LogP contribution in [0.15, 0.2) is 0 Å². The number of nitrogens with one attached hydrogen (secondary N) is 1. The first-order valence-electron chi connectivity index (χ1n) is 8.88. The van der Waals surface area contributed by atoms with Gasteiger partial charge in [-0.05, 0) is 43.4 Å². The lowest BCUT2D eigenvalue weighted by atomic mass is 9.71. The Morgan fingerprint density at radius 3 is 2.33 bits per heavy atom. The van der Waals surface area contributed by atoms with E-state index < -0.39 is 5.60 Å². The van der Waals surface area contributed by atoms with Crippen LogP contribution in [0, 0.1) is 11.3 Å². The summed E-state index contributed by atoms with van der Waals surface area (Å²) in [6.45, 7) is 4.96. The van der Waals surface area contributed by atoms with Crippen LogP contribution in [0.5, 0.6) is 0 Å². The number of hydrogen-bond donors (Lipinski definition) is 2. The molecule has 3 heteroatoms. The highest BCUT2D eigenvalue weighted by Crippen LogP contribution is 2.39. The number of aliphatic hydroxyl groups is 1. The van der Waals surface area contributed by atoms with Crippen LogP contribution in [-0.4, -0.2) is 23.2 Å². The first-order valence-corrected chi connectivity index (χ1v) is 8.88. The highest BCUT2D eigenvalue weighted by molar-refractivity contribution is 5.75. The van der Waals surface area contributed by atoms with E-state index in [0.29, 0.717) is 18.4 Å². The smallest absolute Gasteiger partial charge is 0.220 e. The van der Waals surface area contributed by atoms with Gasteiger partial charge in [0, 0.05) is 13.0 Å². The minimum Gasteiger partial charge on any atom is -0.388 e. The Balaban J connectivity index is 1.64. The zero-order valence-electron chi connectivity index (χ0n) is 13.9. The van der Waals surface area contributed by atoms with Gasteiger partial charge >= 0.3 is 0 Å². The van der Waals surface area contributed by atoms with Crippen LogP contribution in [0.4, 0.5) is 0 Å². The van der Waals surface area contributed by atoms with Gasteiger partial charge in [-0.1, -0.05) is 46.0 Å². The van der Waals surface area contributed by atoms with Gasteiger partial charge in [0.15, 0.2) is 0 Å². The first-order chi connectivity index (χ1) is 9.89. The molecule has 0 radical (unpaired) electrons. The molecule has 0 saturated heterocycles. The number of carbonyl (C=O) groups is 1. The second kappa shape index (κ2) is 7.13. The summed E-state index contributed by atoms with van der Waals surface area (Å²) in [5.74, 6) is 0.877. The molecule has 2 N–H and O–H groups in total. The van der Waals surface area contributed by atoms with Crippen LogP contribution in [-0.2, 0) is 4.79 Å². The molecule has 2 rings (SSSR count). The van der Waals surface area contributed by atoms with Gasteiger partial charge in [-0.25, -0.2) is 0 Å². The van der Waals surface area contributed by atoms with Crippen molar-refractivity contribution in [3.63, 3.8) is 0 Å². The molecule has 2 saturated carbocycles. The Kier molecular flexibility index (Phi) is 5.70. The van der Waals surface area contributed by atoms with Gasteiger partial charge in [0.25, 0.3) is 0 Å². The van der Waals surface area contributed by atoms with E-state index in [1.165, 1.54) is 32.1 Å². The fourth-order valence-corrected chi connectivity index (χ4v) is 3.73. The summed E-state index contributed by atoms with van der Waals surface area (Å²) in [7, 11) is 0. The topological polar surface area (TPSA) is 49.3 Å². The third-order valence-corrected chi connectivity index (χ3v) is 5.65. The average Bonchev–Trinajstić information content (AvgIpc) is 2.48. The maximum Gasteiger partial charge on any atom is 0.220 e. The van der Waals surface area contributed by atoms with Gasteiger partial charge in [0.2, 0.25) is 5.91 Å². The molecule has 122 valence electrons. The molecule has 2 aliphatic rings. The maximum absolute atomic E-state index is 12.0. The van der Waals surface area contributed by atoms with Gasteiger partial charge in [-0.15, -0.1) is 0 Å². The van der Waals surface area contributed by atoms with E-state index in [-0.39, 0.29) is 5.91 Å². The normalized spacial score (nSPS) is 25.5. The highest BCUT2D eigenvalue weighted by atomic mass is 16.3. The second-order valence-electron chi connectivity index (χ2n) is 8.21. The molecule has 2 aliphatic carbocycles. The predicted molar refractivity (Wildman–Crippen MR) is 86.0 cm³/mol. The van der Waals surface area contributed by atoms with Crippen LogP contribution < -0.4 is 5.32 Å². The van der Waals surface area contributed by atoms with Gasteiger partial charge in [0.05, 0.1) is 5.60 Å². The van der Waals surface area contributed by atoms with E-state index in [0.717, 1.165) is 38.0 Å². The van der Waals surface area contributed by atoms with Crippen molar-refractivity contribution in [2.24, 2.45) is 11.3 Å². The Bertz CT molecular complexity index is 335. The number of amides is 1. The van der Waals surface area contributed by atoms with Gasteiger partial charge in [-0.2, -0.15) is 0 Å². The molecule has 21 heavy (non-hydrogen) atoms. The van der Waals surface area contributed by atoms with Crippen LogP contribution in [0.25, 0.3) is 0 Å². The van der Waals surface area contributed by atoms with Crippen molar-refractivity contribution >= 4 is 5.91 Å². The van der Waals surface area contributed by atoms with Crippen LogP contribution >= 0.6 is 0 Å². The van der Waals surface area contributed by atoms with E-state index in [2.05, 4.69) is 19.2 Å². The van der Waals surface area contributed by atoms with E-state index in [9.17, 15) is 9.90 Å². The first kappa shape index (κ1) is 16.8. The number of hydrogen-bond acceptors (Lipinski definition) is 2. The Morgan fingerprint density at radius 2 is 1.71 bits per heavy atom. The molecule has 0 aromatic heterocycles. The zero-order valence-corrected chi connectivity index (χ0v) is 13.9. The summed E-state index contributed by atoms with van der Waals surface area (Å²) >= 11 is 0. The molecule has 0 atom stereocenters. The molecule has 0 bridgehead atoms. The second-order valence-corrected chi connectivity index (χ2v) is 8.21. The molecule has 0 spiro atoms. The molecule has 1 amide bonds. The summed E-state index contributed by atoms with van der Waals surface area (Å²) in [6, 6.07) is 0. The molecule has 0 aromatic rings. The average molecular weight is 295 g/mol. The summed E-state index contributed by atoms with van der Waals surface area (Å²) < 4.78 is 0. The minimum absolute atomic E-state index is 0.124.